The minimum absolute atomic E-state index is 0.781. The number of nitrogens with one attached hydrogen (secondary N) is 1. The second kappa shape index (κ2) is 9.73. The highest BCUT2D eigenvalue weighted by molar-refractivity contribution is 4.82. The highest BCUT2D eigenvalue weighted by Crippen LogP contribution is 2.14. The molecule has 18 heavy (non-hydrogen) atoms. The zero-order valence-corrected chi connectivity index (χ0v) is 12.5. The van der Waals surface area contributed by atoms with Crippen LogP contribution in [-0.4, -0.2) is 74.9 Å². The number of hydrogen-bond donors (Lipinski definition) is 1. The predicted molar refractivity (Wildman–Crippen MR) is 77.1 cm³/mol. The Hall–Kier alpha value is -0.160. The van der Waals surface area contributed by atoms with Crippen molar-refractivity contribution < 1.29 is 4.74 Å². The summed E-state index contributed by atoms with van der Waals surface area (Å²) in [6.45, 7) is 16.3. The summed E-state index contributed by atoms with van der Waals surface area (Å²) in [5.74, 6) is 0. The van der Waals surface area contributed by atoms with E-state index in [1.807, 2.05) is 6.92 Å². The molecule has 1 heterocycles. The number of hydrogen-bond acceptors (Lipinski definition) is 4. The van der Waals surface area contributed by atoms with Crippen molar-refractivity contribution in [1.29, 1.82) is 0 Å². The zero-order valence-electron chi connectivity index (χ0n) is 12.5. The van der Waals surface area contributed by atoms with Gasteiger partial charge in [-0.2, -0.15) is 0 Å². The van der Waals surface area contributed by atoms with Gasteiger partial charge in [0.2, 0.25) is 0 Å². The predicted octanol–water partition coefficient (Wildman–Crippen LogP) is 1.03. The van der Waals surface area contributed by atoms with Gasteiger partial charge in [0.15, 0.2) is 0 Å². The fourth-order valence-corrected chi connectivity index (χ4v) is 2.70. The summed E-state index contributed by atoms with van der Waals surface area (Å²) in [7, 11) is 0. The van der Waals surface area contributed by atoms with Crippen LogP contribution in [0.25, 0.3) is 0 Å². The third-order valence-corrected chi connectivity index (χ3v) is 3.81. The molecule has 1 aliphatic heterocycles. The minimum Gasteiger partial charge on any atom is -0.380 e. The number of likely N-dealkylation sites (tertiary alicyclic amines) is 1. The van der Waals surface area contributed by atoms with E-state index in [-0.39, 0.29) is 0 Å². The molecule has 0 bridgehead atoms. The van der Waals surface area contributed by atoms with E-state index in [0.29, 0.717) is 0 Å². The summed E-state index contributed by atoms with van der Waals surface area (Å²) in [4.78, 5) is 5.17. The fourth-order valence-electron chi connectivity index (χ4n) is 2.70. The normalized spacial score (nSPS) is 21.0. The summed E-state index contributed by atoms with van der Waals surface area (Å²) in [6.07, 6.45) is 1.33. The second-order valence-electron chi connectivity index (χ2n) is 4.91. The average Bonchev–Trinajstić information content (AvgIpc) is 2.84. The first-order valence-corrected chi connectivity index (χ1v) is 7.56. The lowest BCUT2D eigenvalue weighted by Crippen LogP contribution is -2.38. The first-order valence-electron chi connectivity index (χ1n) is 7.56. The highest BCUT2D eigenvalue weighted by atomic mass is 16.5. The van der Waals surface area contributed by atoms with Gasteiger partial charge in [-0.3, -0.25) is 4.90 Å². The van der Waals surface area contributed by atoms with Gasteiger partial charge in [0.1, 0.15) is 0 Å². The standard InChI is InChI=1S/C14H31N3O/c1-4-17(5-2)14-7-10-16(13-14)11-8-15-9-12-18-6-3/h14-15H,4-13H2,1-3H3. The maximum absolute atomic E-state index is 5.30. The molecule has 0 saturated carbocycles. The van der Waals surface area contributed by atoms with Crippen LogP contribution < -0.4 is 5.32 Å². The molecule has 0 aromatic heterocycles. The lowest BCUT2D eigenvalue weighted by molar-refractivity contribution is 0.148. The third kappa shape index (κ3) is 5.65. The molecule has 1 atom stereocenters. The van der Waals surface area contributed by atoms with Crippen LogP contribution in [0.5, 0.6) is 0 Å². The van der Waals surface area contributed by atoms with Gasteiger partial charge in [-0.15, -0.1) is 0 Å². The van der Waals surface area contributed by atoms with Crippen molar-refractivity contribution >= 4 is 0 Å². The fraction of sp³-hybridized carbons (Fsp3) is 1.00. The van der Waals surface area contributed by atoms with E-state index >= 15 is 0 Å². The molecule has 108 valence electrons. The first-order chi connectivity index (χ1) is 8.81. The van der Waals surface area contributed by atoms with Crippen LogP contribution in [0, 0.1) is 0 Å². The van der Waals surface area contributed by atoms with Crippen LogP contribution in [0.1, 0.15) is 27.2 Å². The Morgan fingerprint density at radius 3 is 2.67 bits per heavy atom. The van der Waals surface area contributed by atoms with E-state index in [0.717, 1.165) is 32.3 Å². The number of nitrogens with zero attached hydrogens (tertiary/aromatic N) is 2. The summed E-state index contributed by atoms with van der Waals surface area (Å²) in [6, 6.07) is 0.781. The molecule has 4 nitrogen and oxygen atoms in total. The Morgan fingerprint density at radius 1 is 1.22 bits per heavy atom. The van der Waals surface area contributed by atoms with Crippen LogP contribution in [-0.2, 0) is 4.74 Å². The molecule has 0 radical (unpaired) electrons. The van der Waals surface area contributed by atoms with E-state index in [4.69, 9.17) is 4.74 Å². The smallest absolute Gasteiger partial charge is 0.0590 e. The lowest BCUT2D eigenvalue weighted by Gasteiger charge is -2.26. The maximum atomic E-state index is 5.30. The molecule has 1 aliphatic rings. The lowest BCUT2D eigenvalue weighted by atomic mass is 10.2. The van der Waals surface area contributed by atoms with E-state index < -0.39 is 0 Å². The van der Waals surface area contributed by atoms with Gasteiger partial charge < -0.3 is 15.0 Å². The Balaban J connectivity index is 2.04. The van der Waals surface area contributed by atoms with Gasteiger partial charge in [0, 0.05) is 38.8 Å². The summed E-state index contributed by atoms with van der Waals surface area (Å²) >= 11 is 0. The summed E-state index contributed by atoms with van der Waals surface area (Å²) in [5, 5.41) is 3.44. The second-order valence-corrected chi connectivity index (χ2v) is 4.91. The average molecular weight is 257 g/mol. The van der Waals surface area contributed by atoms with Crippen LogP contribution >= 0.6 is 0 Å². The summed E-state index contributed by atoms with van der Waals surface area (Å²) in [5.41, 5.74) is 0. The molecule has 0 aromatic carbocycles. The molecular formula is C14H31N3O. The largest absolute Gasteiger partial charge is 0.380 e. The SMILES string of the molecule is CCOCCNCCN1CCC(N(CC)CC)C1. The quantitative estimate of drug-likeness (QED) is 0.592. The molecule has 1 rings (SSSR count). The molecule has 0 spiro atoms. The minimum atomic E-state index is 0.781. The maximum Gasteiger partial charge on any atom is 0.0590 e. The monoisotopic (exact) mass is 257 g/mol. The van der Waals surface area contributed by atoms with E-state index in [9.17, 15) is 0 Å². The molecular weight excluding hydrogens is 226 g/mol. The van der Waals surface area contributed by atoms with Gasteiger partial charge in [-0.25, -0.2) is 0 Å². The molecule has 1 N–H and O–H groups in total. The summed E-state index contributed by atoms with van der Waals surface area (Å²) < 4.78 is 5.30. The molecule has 1 unspecified atom stereocenters. The van der Waals surface area contributed by atoms with Crippen molar-refractivity contribution in [1.82, 2.24) is 15.1 Å². The van der Waals surface area contributed by atoms with Crippen LogP contribution in [0.4, 0.5) is 0 Å². The molecule has 0 aromatic rings. The first kappa shape index (κ1) is 15.9. The Kier molecular flexibility index (Phi) is 8.59. The molecule has 0 amide bonds. The molecule has 4 heteroatoms. The third-order valence-electron chi connectivity index (χ3n) is 3.81. The number of rotatable bonds is 10. The van der Waals surface area contributed by atoms with Gasteiger partial charge in [0.05, 0.1) is 6.61 Å². The van der Waals surface area contributed by atoms with Crippen molar-refractivity contribution in [2.75, 3.05) is 59.0 Å². The van der Waals surface area contributed by atoms with E-state index in [1.165, 1.54) is 39.1 Å². The van der Waals surface area contributed by atoms with Crippen molar-refractivity contribution in [3.05, 3.63) is 0 Å². The molecule has 0 aliphatic carbocycles. The van der Waals surface area contributed by atoms with Crippen LogP contribution in [0.3, 0.4) is 0 Å². The van der Waals surface area contributed by atoms with Gasteiger partial charge in [-0.05, 0) is 33.0 Å². The van der Waals surface area contributed by atoms with Crippen molar-refractivity contribution in [3.8, 4) is 0 Å². The van der Waals surface area contributed by atoms with Crippen LogP contribution in [0.2, 0.25) is 0 Å². The highest BCUT2D eigenvalue weighted by Gasteiger charge is 2.25. The van der Waals surface area contributed by atoms with Gasteiger partial charge in [0.25, 0.3) is 0 Å². The zero-order chi connectivity index (χ0) is 13.2. The Bertz CT molecular complexity index is 197. The van der Waals surface area contributed by atoms with Crippen LogP contribution in [0.15, 0.2) is 0 Å². The molecule has 1 saturated heterocycles. The van der Waals surface area contributed by atoms with E-state index in [2.05, 4.69) is 29.0 Å². The van der Waals surface area contributed by atoms with Crippen molar-refractivity contribution in [2.24, 2.45) is 0 Å². The Morgan fingerprint density at radius 2 is 2.00 bits per heavy atom. The Labute approximate surface area is 113 Å². The topological polar surface area (TPSA) is 27.7 Å². The van der Waals surface area contributed by atoms with E-state index in [1.54, 1.807) is 0 Å². The number of ether oxygens (including phenoxy) is 1. The van der Waals surface area contributed by atoms with Crippen molar-refractivity contribution in [2.45, 2.75) is 33.2 Å². The number of likely N-dealkylation sites (N-methyl/N-ethyl adjacent to an activating group) is 1. The van der Waals surface area contributed by atoms with Gasteiger partial charge >= 0.3 is 0 Å². The van der Waals surface area contributed by atoms with Crippen molar-refractivity contribution in [3.63, 3.8) is 0 Å². The molecule has 1 fully saturated rings. The van der Waals surface area contributed by atoms with Gasteiger partial charge in [-0.1, -0.05) is 13.8 Å².